The summed E-state index contributed by atoms with van der Waals surface area (Å²) in [6, 6.07) is 8.44. The number of ether oxygens (including phenoxy) is 1. The van der Waals surface area contributed by atoms with Gasteiger partial charge in [-0.3, -0.25) is 4.79 Å². The maximum absolute atomic E-state index is 13.6. The van der Waals surface area contributed by atoms with Gasteiger partial charge in [0.1, 0.15) is 0 Å². The number of carbonyl (C=O) groups is 1. The fourth-order valence-corrected chi connectivity index (χ4v) is 4.58. The van der Waals surface area contributed by atoms with Crippen LogP contribution in [0, 0.1) is 5.82 Å². The van der Waals surface area contributed by atoms with E-state index in [0.29, 0.717) is 16.1 Å². The summed E-state index contributed by atoms with van der Waals surface area (Å²) in [4.78, 5) is 13.4. The molecule has 25 heavy (non-hydrogen) atoms. The highest BCUT2D eigenvalue weighted by Crippen LogP contribution is 2.38. The Bertz CT molecular complexity index is 993. The van der Waals surface area contributed by atoms with Gasteiger partial charge in [-0.05, 0) is 67.1 Å². The van der Waals surface area contributed by atoms with Gasteiger partial charge in [-0.2, -0.15) is 0 Å². The number of anilines is 1. The summed E-state index contributed by atoms with van der Waals surface area (Å²) in [5, 5.41) is 0.947. The van der Waals surface area contributed by atoms with Crippen LogP contribution >= 0.6 is 11.3 Å². The molecule has 1 aliphatic carbocycles. The van der Waals surface area contributed by atoms with Gasteiger partial charge >= 0.3 is 0 Å². The maximum atomic E-state index is 13.6. The second-order valence-corrected chi connectivity index (χ2v) is 7.40. The lowest BCUT2D eigenvalue weighted by Crippen LogP contribution is -2.03. The van der Waals surface area contributed by atoms with Gasteiger partial charge in [0.15, 0.2) is 11.6 Å². The molecule has 0 amide bonds. The Hall–Kier alpha value is -2.40. The molecule has 1 heterocycles. The minimum atomic E-state index is -0.490. The summed E-state index contributed by atoms with van der Waals surface area (Å²) in [5.74, 6) is -0.632. The van der Waals surface area contributed by atoms with Crippen LogP contribution in [0.2, 0.25) is 0 Å². The molecule has 0 saturated carbocycles. The van der Waals surface area contributed by atoms with Crippen molar-refractivity contribution in [2.75, 3.05) is 12.8 Å². The first kappa shape index (κ1) is 16.1. The number of hydrogen-bond donors (Lipinski definition) is 1. The molecule has 1 aliphatic rings. The van der Waals surface area contributed by atoms with E-state index < -0.39 is 5.82 Å². The van der Waals surface area contributed by atoms with Crippen LogP contribution < -0.4 is 10.5 Å². The van der Waals surface area contributed by atoms with Crippen LogP contribution in [-0.2, 0) is 12.8 Å². The lowest BCUT2D eigenvalue weighted by atomic mass is 9.91. The second-order valence-electron chi connectivity index (χ2n) is 6.35. The summed E-state index contributed by atoms with van der Waals surface area (Å²) in [6.45, 7) is 0. The molecule has 5 heteroatoms. The van der Waals surface area contributed by atoms with Crippen LogP contribution in [0.4, 0.5) is 10.1 Å². The molecule has 128 valence electrons. The van der Waals surface area contributed by atoms with E-state index in [4.69, 9.17) is 10.5 Å². The summed E-state index contributed by atoms with van der Waals surface area (Å²) < 4.78 is 19.6. The summed E-state index contributed by atoms with van der Waals surface area (Å²) >= 11 is 1.41. The van der Waals surface area contributed by atoms with E-state index in [2.05, 4.69) is 12.1 Å². The van der Waals surface area contributed by atoms with Gasteiger partial charge in [0.25, 0.3) is 0 Å². The predicted octanol–water partition coefficient (Wildman–Crippen LogP) is 4.74. The van der Waals surface area contributed by atoms with Crippen molar-refractivity contribution >= 4 is 32.9 Å². The minimum absolute atomic E-state index is 0.0565. The van der Waals surface area contributed by atoms with Gasteiger partial charge in [0.05, 0.1) is 17.7 Å². The van der Waals surface area contributed by atoms with Crippen molar-refractivity contribution in [3.8, 4) is 5.75 Å². The van der Waals surface area contributed by atoms with Gasteiger partial charge in [-0.15, -0.1) is 11.3 Å². The molecular weight excluding hydrogens is 337 g/mol. The molecule has 2 aromatic carbocycles. The van der Waals surface area contributed by atoms with Crippen LogP contribution in [0.5, 0.6) is 5.75 Å². The number of methoxy groups -OCH3 is 1. The van der Waals surface area contributed by atoms with E-state index in [0.717, 1.165) is 22.9 Å². The van der Waals surface area contributed by atoms with Crippen LogP contribution in [-0.4, -0.2) is 12.9 Å². The van der Waals surface area contributed by atoms with Crippen LogP contribution in [0.25, 0.3) is 10.1 Å². The quantitative estimate of drug-likeness (QED) is 0.690. The Morgan fingerprint density at radius 1 is 1.16 bits per heavy atom. The number of carbonyl (C=O) groups excluding carboxylic acids is 1. The Balaban J connectivity index is 1.81. The zero-order valence-electron chi connectivity index (χ0n) is 13.9. The number of rotatable bonds is 3. The Morgan fingerprint density at radius 2 is 1.88 bits per heavy atom. The highest BCUT2D eigenvalue weighted by atomic mass is 32.1. The van der Waals surface area contributed by atoms with Crippen molar-refractivity contribution in [1.82, 2.24) is 0 Å². The third-order valence-electron chi connectivity index (χ3n) is 4.81. The maximum Gasteiger partial charge on any atom is 0.205 e. The van der Waals surface area contributed by atoms with Crippen molar-refractivity contribution in [2.45, 2.75) is 25.7 Å². The molecule has 0 atom stereocenters. The van der Waals surface area contributed by atoms with E-state index in [1.807, 2.05) is 0 Å². The smallest absolute Gasteiger partial charge is 0.205 e. The molecule has 0 fully saturated rings. The number of hydrogen-bond acceptors (Lipinski definition) is 4. The zero-order valence-corrected chi connectivity index (χ0v) is 14.7. The van der Waals surface area contributed by atoms with Crippen molar-refractivity contribution in [2.24, 2.45) is 0 Å². The largest absolute Gasteiger partial charge is 0.494 e. The number of ketones is 1. The molecule has 0 bridgehead atoms. The first-order valence-corrected chi connectivity index (χ1v) is 9.12. The summed E-state index contributed by atoms with van der Waals surface area (Å²) in [5.41, 5.74) is 9.89. The SMILES string of the molecule is COc1cc(C(=O)c2sc3cc4c(cc3c2N)CCCC4)ccc1F. The van der Waals surface area contributed by atoms with Crippen molar-refractivity contribution in [1.29, 1.82) is 0 Å². The molecule has 3 aromatic rings. The molecule has 0 unspecified atom stereocenters. The number of nitrogens with two attached hydrogens (primary N) is 1. The normalized spacial score (nSPS) is 13.7. The Labute approximate surface area is 149 Å². The molecule has 0 radical (unpaired) electrons. The number of aryl methyl sites for hydroxylation is 2. The van der Waals surface area contributed by atoms with Gasteiger partial charge in [-0.25, -0.2) is 4.39 Å². The van der Waals surface area contributed by atoms with Crippen molar-refractivity contribution < 1.29 is 13.9 Å². The second kappa shape index (κ2) is 6.15. The van der Waals surface area contributed by atoms with E-state index in [9.17, 15) is 9.18 Å². The lowest BCUT2D eigenvalue weighted by molar-refractivity contribution is 0.104. The Morgan fingerprint density at radius 3 is 2.60 bits per heavy atom. The fourth-order valence-electron chi connectivity index (χ4n) is 3.45. The third-order valence-corrected chi connectivity index (χ3v) is 5.98. The van der Waals surface area contributed by atoms with Gasteiger partial charge in [0, 0.05) is 15.6 Å². The average molecular weight is 355 g/mol. The molecular formula is C20H18FNO2S. The third kappa shape index (κ3) is 2.68. The molecule has 0 saturated heterocycles. The molecule has 0 spiro atoms. The van der Waals surface area contributed by atoms with E-state index in [-0.39, 0.29) is 11.5 Å². The molecule has 4 rings (SSSR count). The zero-order chi connectivity index (χ0) is 17.6. The minimum Gasteiger partial charge on any atom is -0.494 e. The predicted molar refractivity (Wildman–Crippen MR) is 99.3 cm³/mol. The van der Waals surface area contributed by atoms with Gasteiger partial charge in [-0.1, -0.05) is 0 Å². The standard InChI is InChI=1S/C20H18FNO2S/c1-24-16-9-13(6-7-15(16)21)19(23)20-18(22)14-8-11-4-2-3-5-12(11)10-17(14)25-20/h6-10H,2-5,22H2,1H3. The summed E-state index contributed by atoms with van der Waals surface area (Å²) in [6.07, 6.45) is 4.56. The number of fused-ring (bicyclic) bond motifs is 2. The Kier molecular flexibility index (Phi) is 3.96. The topological polar surface area (TPSA) is 52.3 Å². The lowest BCUT2D eigenvalue weighted by Gasteiger charge is -2.15. The van der Waals surface area contributed by atoms with Gasteiger partial charge in [0.2, 0.25) is 5.78 Å². The van der Waals surface area contributed by atoms with E-state index >= 15 is 0 Å². The van der Waals surface area contributed by atoms with Gasteiger partial charge < -0.3 is 10.5 Å². The van der Waals surface area contributed by atoms with Crippen molar-refractivity contribution in [3.05, 3.63) is 57.7 Å². The average Bonchev–Trinajstić information content (AvgIpc) is 2.95. The number of thiophene rings is 1. The first-order valence-electron chi connectivity index (χ1n) is 8.30. The highest BCUT2D eigenvalue weighted by Gasteiger charge is 2.21. The summed E-state index contributed by atoms with van der Waals surface area (Å²) in [7, 11) is 1.38. The first-order chi connectivity index (χ1) is 12.1. The molecule has 3 nitrogen and oxygen atoms in total. The highest BCUT2D eigenvalue weighted by molar-refractivity contribution is 7.21. The van der Waals surface area contributed by atoms with Crippen LogP contribution in [0.15, 0.2) is 30.3 Å². The van der Waals surface area contributed by atoms with E-state index in [1.54, 1.807) is 0 Å². The monoisotopic (exact) mass is 355 g/mol. The van der Waals surface area contributed by atoms with Crippen LogP contribution in [0.3, 0.4) is 0 Å². The van der Waals surface area contributed by atoms with Crippen molar-refractivity contribution in [3.63, 3.8) is 0 Å². The van der Waals surface area contributed by atoms with E-state index in [1.165, 1.54) is 60.6 Å². The fraction of sp³-hybridized carbons (Fsp3) is 0.250. The number of halogens is 1. The van der Waals surface area contributed by atoms with Crippen LogP contribution in [0.1, 0.15) is 39.2 Å². The number of nitrogen functional groups attached to an aromatic ring is 1. The molecule has 2 N–H and O–H groups in total. The molecule has 0 aliphatic heterocycles. The molecule has 1 aromatic heterocycles. The number of benzene rings is 2.